The zero-order chi connectivity index (χ0) is 19.1. The van der Waals surface area contributed by atoms with Gasteiger partial charge in [0.05, 0.1) is 23.8 Å². The second-order valence-corrected chi connectivity index (χ2v) is 6.74. The van der Waals surface area contributed by atoms with Crippen LogP contribution in [0.3, 0.4) is 0 Å². The van der Waals surface area contributed by atoms with Crippen molar-refractivity contribution in [2.75, 3.05) is 19.8 Å². The van der Waals surface area contributed by atoms with Gasteiger partial charge in [-0.05, 0) is 51.2 Å². The molecule has 1 amide bonds. The van der Waals surface area contributed by atoms with Gasteiger partial charge in [0.2, 0.25) is 0 Å². The number of halogens is 1. The molecule has 1 fully saturated rings. The molecule has 1 aliphatic rings. The van der Waals surface area contributed by atoms with E-state index in [1.165, 1.54) is 12.1 Å². The molecule has 1 saturated carbocycles. The van der Waals surface area contributed by atoms with Crippen LogP contribution in [0.2, 0.25) is 5.02 Å². The van der Waals surface area contributed by atoms with Gasteiger partial charge in [-0.1, -0.05) is 18.5 Å². The Labute approximate surface area is 159 Å². The predicted octanol–water partition coefficient (Wildman–Crippen LogP) is 3.60. The number of hydrogen-bond acceptors (Lipinski definition) is 5. The number of benzene rings is 1. The molecule has 0 aromatic heterocycles. The van der Waals surface area contributed by atoms with Crippen LogP contribution in [0.15, 0.2) is 12.1 Å². The number of amides is 1. The van der Waals surface area contributed by atoms with E-state index in [-0.39, 0.29) is 29.1 Å². The van der Waals surface area contributed by atoms with Crippen molar-refractivity contribution in [1.82, 2.24) is 5.32 Å². The van der Waals surface area contributed by atoms with Crippen LogP contribution < -0.4 is 14.8 Å². The van der Waals surface area contributed by atoms with Crippen LogP contribution in [-0.2, 0) is 9.53 Å². The van der Waals surface area contributed by atoms with Crippen molar-refractivity contribution >= 4 is 23.5 Å². The van der Waals surface area contributed by atoms with Gasteiger partial charge in [-0.25, -0.2) is 4.79 Å². The molecule has 7 heteroatoms. The number of rotatable bonds is 10. The highest BCUT2D eigenvalue weighted by molar-refractivity contribution is 6.32. The molecule has 1 unspecified atom stereocenters. The molecular formula is C19H26ClNO5. The summed E-state index contributed by atoms with van der Waals surface area (Å²) >= 11 is 6.23. The molecule has 0 saturated heterocycles. The Balaban J connectivity index is 1.99. The monoisotopic (exact) mass is 383 g/mol. The fraction of sp³-hybridized carbons (Fsp3) is 0.579. The minimum atomic E-state index is -0.635. The van der Waals surface area contributed by atoms with E-state index in [9.17, 15) is 9.59 Å². The van der Waals surface area contributed by atoms with Crippen molar-refractivity contribution in [2.45, 2.75) is 46.1 Å². The van der Waals surface area contributed by atoms with E-state index in [4.69, 9.17) is 25.8 Å². The van der Waals surface area contributed by atoms with Gasteiger partial charge < -0.3 is 19.5 Å². The van der Waals surface area contributed by atoms with Crippen molar-refractivity contribution in [3.8, 4) is 11.5 Å². The van der Waals surface area contributed by atoms with Crippen LogP contribution in [0.4, 0.5) is 0 Å². The van der Waals surface area contributed by atoms with Crippen molar-refractivity contribution in [1.29, 1.82) is 0 Å². The molecular weight excluding hydrogens is 358 g/mol. The number of ether oxygens (including phenoxy) is 3. The summed E-state index contributed by atoms with van der Waals surface area (Å²) in [5.74, 6) is 0.383. The molecule has 0 spiro atoms. The minimum absolute atomic E-state index is 0.107. The zero-order valence-electron chi connectivity index (χ0n) is 15.5. The van der Waals surface area contributed by atoms with Gasteiger partial charge in [0, 0.05) is 6.04 Å². The van der Waals surface area contributed by atoms with Crippen LogP contribution in [-0.4, -0.2) is 37.7 Å². The molecule has 1 aromatic rings. The lowest BCUT2D eigenvalue weighted by Crippen LogP contribution is -2.37. The maximum Gasteiger partial charge on any atom is 0.338 e. The van der Waals surface area contributed by atoms with E-state index >= 15 is 0 Å². The Kier molecular flexibility index (Phi) is 7.57. The topological polar surface area (TPSA) is 73.9 Å². The third-order valence-electron chi connectivity index (χ3n) is 4.05. The van der Waals surface area contributed by atoms with Gasteiger partial charge >= 0.3 is 5.97 Å². The highest BCUT2D eigenvalue weighted by atomic mass is 35.5. The Bertz CT molecular complexity index is 645. The van der Waals surface area contributed by atoms with Crippen molar-refractivity contribution in [2.24, 2.45) is 5.92 Å². The maximum absolute atomic E-state index is 12.3. The Morgan fingerprint density at radius 1 is 1.27 bits per heavy atom. The molecule has 26 heavy (non-hydrogen) atoms. The number of nitrogens with one attached hydrogen (secondary N) is 1. The van der Waals surface area contributed by atoms with Crippen LogP contribution in [0, 0.1) is 5.92 Å². The molecule has 0 radical (unpaired) electrons. The summed E-state index contributed by atoms with van der Waals surface area (Å²) in [6.45, 7) is 6.33. The summed E-state index contributed by atoms with van der Waals surface area (Å²) in [6, 6.07) is 3.09. The van der Waals surface area contributed by atoms with Gasteiger partial charge in [0.1, 0.15) is 0 Å². The quantitative estimate of drug-likeness (QED) is 0.625. The first-order valence-electron chi connectivity index (χ1n) is 9.01. The van der Waals surface area contributed by atoms with Crippen LogP contribution in [0.1, 0.15) is 50.4 Å². The lowest BCUT2D eigenvalue weighted by molar-refractivity contribution is -0.124. The van der Waals surface area contributed by atoms with Gasteiger partial charge in [-0.3, -0.25) is 4.79 Å². The average molecular weight is 384 g/mol. The third-order valence-corrected chi connectivity index (χ3v) is 4.33. The highest BCUT2D eigenvalue weighted by Crippen LogP contribution is 2.37. The zero-order valence-corrected chi connectivity index (χ0v) is 16.2. The van der Waals surface area contributed by atoms with Crippen LogP contribution in [0.25, 0.3) is 0 Å². The number of carbonyl (C=O) groups is 2. The molecule has 1 aromatic carbocycles. The summed E-state index contributed by atoms with van der Waals surface area (Å²) in [7, 11) is 0. The lowest BCUT2D eigenvalue weighted by atomic mass is 10.2. The standard InChI is InChI=1S/C19H26ClNO5/c1-4-8-25-18-15(20)9-14(10-16(18)24-5-2)19(23)26-11-17(22)21-12(3)13-6-7-13/h9-10,12-13H,4-8,11H2,1-3H3,(H,21,22). The number of carbonyl (C=O) groups excluding carboxylic acids is 2. The molecule has 0 aliphatic heterocycles. The fourth-order valence-corrected chi connectivity index (χ4v) is 2.78. The molecule has 0 bridgehead atoms. The normalized spacial score (nSPS) is 14.5. The SMILES string of the molecule is CCCOc1c(Cl)cc(C(=O)OCC(=O)NC(C)C2CC2)cc1OCC. The smallest absolute Gasteiger partial charge is 0.338 e. The minimum Gasteiger partial charge on any atom is -0.490 e. The largest absolute Gasteiger partial charge is 0.490 e. The first-order valence-corrected chi connectivity index (χ1v) is 9.39. The second kappa shape index (κ2) is 9.67. The van der Waals surface area contributed by atoms with Gasteiger partial charge in [0.25, 0.3) is 5.91 Å². The first kappa shape index (κ1) is 20.4. The lowest BCUT2D eigenvalue weighted by Gasteiger charge is -2.15. The fourth-order valence-electron chi connectivity index (χ4n) is 2.52. The van der Waals surface area contributed by atoms with E-state index in [1.807, 2.05) is 20.8 Å². The van der Waals surface area contributed by atoms with Crippen molar-refractivity contribution < 1.29 is 23.8 Å². The van der Waals surface area contributed by atoms with E-state index in [2.05, 4.69) is 5.32 Å². The molecule has 1 aliphatic carbocycles. The highest BCUT2D eigenvalue weighted by Gasteiger charge is 2.29. The maximum atomic E-state index is 12.3. The average Bonchev–Trinajstić information content (AvgIpc) is 3.44. The van der Waals surface area contributed by atoms with E-state index in [0.717, 1.165) is 19.3 Å². The second-order valence-electron chi connectivity index (χ2n) is 6.34. The molecule has 6 nitrogen and oxygen atoms in total. The molecule has 1 N–H and O–H groups in total. The van der Waals surface area contributed by atoms with Gasteiger partial charge in [-0.15, -0.1) is 0 Å². The summed E-state index contributed by atoms with van der Waals surface area (Å²) in [5.41, 5.74) is 0.213. The Morgan fingerprint density at radius 3 is 2.62 bits per heavy atom. The number of hydrogen-bond donors (Lipinski definition) is 1. The van der Waals surface area contributed by atoms with E-state index in [0.29, 0.717) is 30.6 Å². The van der Waals surface area contributed by atoms with Crippen LogP contribution in [0.5, 0.6) is 11.5 Å². The first-order chi connectivity index (χ1) is 12.5. The van der Waals surface area contributed by atoms with Crippen molar-refractivity contribution in [3.05, 3.63) is 22.7 Å². The molecule has 144 valence electrons. The van der Waals surface area contributed by atoms with Crippen molar-refractivity contribution in [3.63, 3.8) is 0 Å². The summed E-state index contributed by atoms with van der Waals surface area (Å²) < 4.78 is 16.2. The Hall–Kier alpha value is -1.95. The predicted molar refractivity (Wildman–Crippen MR) is 99.0 cm³/mol. The molecule has 0 heterocycles. The number of esters is 1. The summed E-state index contributed by atoms with van der Waals surface area (Å²) in [4.78, 5) is 24.1. The van der Waals surface area contributed by atoms with E-state index in [1.54, 1.807) is 0 Å². The molecule has 1 atom stereocenters. The third kappa shape index (κ3) is 5.80. The Morgan fingerprint density at radius 2 is 2.00 bits per heavy atom. The molecule has 2 rings (SSSR count). The van der Waals surface area contributed by atoms with E-state index < -0.39 is 5.97 Å². The summed E-state index contributed by atoms with van der Waals surface area (Å²) in [6.07, 6.45) is 3.08. The van der Waals surface area contributed by atoms with Gasteiger partial charge in [0.15, 0.2) is 18.1 Å². The van der Waals surface area contributed by atoms with Crippen LogP contribution >= 0.6 is 11.6 Å². The summed E-state index contributed by atoms with van der Waals surface area (Å²) in [5, 5.41) is 3.10. The van der Waals surface area contributed by atoms with Gasteiger partial charge in [-0.2, -0.15) is 0 Å².